The van der Waals surface area contributed by atoms with E-state index >= 15 is 0 Å². The van der Waals surface area contributed by atoms with Crippen molar-refractivity contribution in [2.45, 2.75) is 39.2 Å². The smallest absolute Gasteiger partial charge is 0.163 e. The van der Waals surface area contributed by atoms with Crippen LogP contribution in [0.2, 0.25) is 0 Å². The number of nitrogens with one attached hydrogen (secondary N) is 1. The minimum absolute atomic E-state index is 0.182. The van der Waals surface area contributed by atoms with Crippen LogP contribution < -0.4 is 5.32 Å². The van der Waals surface area contributed by atoms with Crippen molar-refractivity contribution in [3.05, 3.63) is 42.1 Å². The molecule has 3 rings (SSSR count). The Labute approximate surface area is 136 Å². The highest BCUT2D eigenvalue weighted by Crippen LogP contribution is 2.27. The highest BCUT2D eigenvalue weighted by atomic mass is 15.3. The standard InChI is InChI=1S/C17H22N6/c1-4-5-8-15(13-7-6-9-18-10-13)22-16-14-11-19-23(3)17(14)21-12(2)20-16/h6-7,9-11,15H,4-5,8H2,1-3H3,(H,20,21,22). The predicted molar refractivity (Wildman–Crippen MR) is 91.2 cm³/mol. The molecule has 0 radical (unpaired) electrons. The molecule has 1 atom stereocenters. The lowest BCUT2D eigenvalue weighted by molar-refractivity contribution is 0.631. The molecule has 0 spiro atoms. The lowest BCUT2D eigenvalue weighted by Crippen LogP contribution is -2.13. The summed E-state index contributed by atoms with van der Waals surface area (Å²) >= 11 is 0. The normalized spacial score (nSPS) is 12.5. The van der Waals surface area contributed by atoms with Crippen LogP contribution in [0, 0.1) is 6.92 Å². The molecule has 23 heavy (non-hydrogen) atoms. The molecule has 6 heteroatoms. The van der Waals surface area contributed by atoms with E-state index in [4.69, 9.17) is 0 Å². The van der Waals surface area contributed by atoms with Gasteiger partial charge in [0.1, 0.15) is 11.6 Å². The van der Waals surface area contributed by atoms with E-state index in [2.05, 4.69) is 38.4 Å². The van der Waals surface area contributed by atoms with Gasteiger partial charge in [0, 0.05) is 19.4 Å². The van der Waals surface area contributed by atoms with Crippen LogP contribution >= 0.6 is 0 Å². The van der Waals surface area contributed by atoms with Crippen molar-refractivity contribution < 1.29 is 0 Å². The molecule has 0 fully saturated rings. The van der Waals surface area contributed by atoms with Gasteiger partial charge < -0.3 is 5.32 Å². The molecule has 1 unspecified atom stereocenters. The number of unbranched alkanes of at least 4 members (excludes halogenated alkanes) is 1. The maximum Gasteiger partial charge on any atom is 0.163 e. The van der Waals surface area contributed by atoms with Gasteiger partial charge in [-0.1, -0.05) is 25.8 Å². The number of nitrogens with zero attached hydrogens (tertiary/aromatic N) is 5. The maximum absolute atomic E-state index is 4.59. The zero-order valence-corrected chi connectivity index (χ0v) is 13.8. The van der Waals surface area contributed by atoms with Crippen LogP contribution in [0.4, 0.5) is 5.82 Å². The van der Waals surface area contributed by atoms with Crippen LogP contribution in [-0.4, -0.2) is 24.7 Å². The molecule has 0 aliphatic heterocycles. The Hall–Kier alpha value is -2.50. The summed E-state index contributed by atoms with van der Waals surface area (Å²) in [4.78, 5) is 13.3. The Balaban J connectivity index is 1.96. The van der Waals surface area contributed by atoms with Crippen molar-refractivity contribution in [1.29, 1.82) is 0 Å². The van der Waals surface area contributed by atoms with Crippen molar-refractivity contribution in [3.8, 4) is 0 Å². The van der Waals surface area contributed by atoms with Crippen molar-refractivity contribution in [3.63, 3.8) is 0 Å². The molecule has 0 bridgehead atoms. The topological polar surface area (TPSA) is 68.5 Å². The van der Waals surface area contributed by atoms with Crippen molar-refractivity contribution in [2.24, 2.45) is 7.05 Å². The largest absolute Gasteiger partial charge is 0.362 e. The Morgan fingerprint density at radius 3 is 2.87 bits per heavy atom. The van der Waals surface area contributed by atoms with Gasteiger partial charge in [0.15, 0.2) is 5.65 Å². The van der Waals surface area contributed by atoms with Gasteiger partial charge in [0.2, 0.25) is 0 Å². The van der Waals surface area contributed by atoms with Crippen molar-refractivity contribution in [1.82, 2.24) is 24.7 Å². The molecule has 120 valence electrons. The van der Waals surface area contributed by atoms with E-state index < -0.39 is 0 Å². The second-order valence-corrected chi connectivity index (χ2v) is 5.75. The average molecular weight is 310 g/mol. The second kappa shape index (κ2) is 6.73. The summed E-state index contributed by atoms with van der Waals surface area (Å²) in [6, 6.07) is 4.26. The first-order chi connectivity index (χ1) is 11.2. The number of aromatic nitrogens is 5. The molecule has 0 aliphatic carbocycles. The Kier molecular flexibility index (Phi) is 4.50. The highest BCUT2D eigenvalue weighted by molar-refractivity contribution is 5.86. The van der Waals surface area contributed by atoms with Gasteiger partial charge in [0.25, 0.3) is 0 Å². The Morgan fingerprint density at radius 2 is 2.13 bits per heavy atom. The van der Waals surface area contributed by atoms with Crippen LogP contribution in [0.15, 0.2) is 30.7 Å². The number of hydrogen-bond donors (Lipinski definition) is 1. The van der Waals surface area contributed by atoms with Crippen LogP contribution in [0.5, 0.6) is 0 Å². The summed E-state index contributed by atoms with van der Waals surface area (Å²) < 4.78 is 1.78. The molecule has 6 nitrogen and oxygen atoms in total. The molecule has 3 heterocycles. The van der Waals surface area contributed by atoms with Gasteiger partial charge in [-0.2, -0.15) is 5.10 Å². The van der Waals surface area contributed by atoms with E-state index in [1.165, 1.54) is 5.56 Å². The minimum atomic E-state index is 0.182. The first-order valence-electron chi connectivity index (χ1n) is 8.02. The van der Waals surface area contributed by atoms with E-state index in [9.17, 15) is 0 Å². The van der Waals surface area contributed by atoms with E-state index in [1.54, 1.807) is 10.9 Å². The molecule has 3 aromatic heterocycles. The molecule has 0 saturated heterocycles. The summed E-state index contributed by atoms with van der Waals surface area (Å²) in [7, 11) is 1.90. The number of hydrogen-bond acceptors (Lipinski definition) is 5. The fourth-order valence-corrected chi connectivity index (χ4v) is 2.72. The highest BCUT2D eigenvalue weighted by Gasteiger charge is 2.16. The number of pyridine rings is 1. The van der Waals surface area contributed by atoms with E-state index in [1.807, 2.05) is 32.4 Å². The number of anilines is 1. The summed E-state index contributed by atoms with van der Waals surface area (Å²) in [5.41, 5.74) is 2.02. The van der Waals surface area contributed by atoms with Crippen LogP contribution in [0.3, 0.4) is 0 Å². The van der Waals surface area contributed by atoms with Gasteiger partial charge in [-0.05, 0) is 25.0 Å². The second-order valence-electron chi connectivity index (χ2n) is 5.75. The summed E-state index contributed by atoms with van der Waals surface area (Å²) in [6.07, 6.45) is 8.87. The molecule has 0 aromatic carbocycles. The van der Waals surface area contributed by atoms with Gasteiger partial charge >= 0.3 is 0 Å². The van der Waals surface area contributed by atoms with Gasteiger partial charge in [-0.3, -0.25) is 9.67 Å². The summed E-state index contributed by atoms with van der Waals surface area (Å²) in [6.45, 7) is 4.11. The molecule has 0 amide bonds. The zero-order valence-electron chi connectivity index (χ0n) is 13.8. The number of aryl methyl sites for hydroxylation is 2. The fraction of sp³-hybridized carbons (Fsp3) is 0.412. The first-order valence-corrected chi connectivity index (χ1v) is 8.02. The Morgan fingerprint density at radius 1 is 1.26 bits per heavy atom. The van der Waals surface area contributed by atoms with Crippen molar-refractivity contribution in [2.75, 3.05) is 5.32 Å². The van der Waals surface area contributed by atoms with E-state index in [0.717, 1.165) is 41.9 Å². The average Bonchev–Trinajstić information content (AvgIpc) is 2.93. The molecule has 0 aliphatic rings. The van der Waals surface area contributed by atoms with Gasteiger partial charge in [-0.15, -0.1) is 0 Å². The minimum Gasteiger partial charge on any atom is -0.362 e. The van der Waals surface area contributed by atoms with E-state index in [-0.39, 0.29) is 6.04 Å². The molecule has 1 N–H and O–H groups in total. The third-order valence-electron chi connectivity index (χ3n) is 3.95. The molecule has 3 aromatic rings. The predicted octanol–water partition coefficient (Wildman–Crippen LogP) is 3.41. The van der Waals surface area contributed by atoms with Crippen LogP contribution in [0.1, 0.15) is 43.6 Å². The number of rotatable bonds is 6. The fourth-order valence-electron chi connectivity index (χ4n) is 2.72. The third-order valence-corrected chi connectivity index (χ3v) is 3.95. The van der Waals surface area contributed by atoms with E-state index in [0.29, 0.717) is 0 Å². The SMILES string of the molecule is CCCCC(Nc1nc(C)nc2c1cnn2C)c1cccnc1. The monoisotopic (exact) mass is 310 g/mol. The van der Waals surface area contributed by atoms with Gasteiger partial charge in [0.05, 0.1) is 17.6 Å². The third kappa shape index (κ3) is 3.31. The maximum atomic E-state index is 4.59. The lowest BCUT2D eigenvalue weighted by atomic mass is 10.0. The molecular weight excluding hydrogens is 288 g/mol. The molecule has 0 saturated carbocycles. The Bertz CT molecular complexity index is 780. The van der Waals surface area contributed by atoms with Crippen LogP contribution in [-0.2, 0) is 7.05 Å². The first kappa shape index (κ1) is 15.4. The van der Waals surface area contributed by atoms with Gasteiger partial charge in [-0.25, -0.2) is 9.97 Å². The summed E-state index contributed by atoms with van der Waals surface area (Å²) in [5.74, 6) is 1.58. The summed E-state index contributed by atoms with van der Waals surface area (Å²) in [5, 5.41) is 8.83. The quantitative estimate of drug-likeness (QED) is 0.755. The van der Waals surface area contributed by atoms with Crippen LogP contribution in [0.25, 0.3) is 11.0 Å². The van der Waals surface area contributed by atoms with Crippen molar-refractivity contribution >= 4 is 16.9 Å². The lowest BCUT2D eigenvalue weighted by Gasteiger charge is -2.20. The number of fused-ring (bicyclic) bond motifs is 1. The zero-order chi connectivity index (χ0) is 16.2. The molecular formula is C17H22N6.